The molecule has 9 heteroatoms. The normalized spacial score (nSPS) is 10.2. The fraction of sp³-hybridized carbons (Fsp3) is 0.0625. The molecule has 0 spiro atoms. The van der Waals surface area contributed by atoms with Crippen LogP contribution in [0.3, 0.4) is 0 Å². The van der Waals surface area contributed by atoms with Crippen LogP contribution in [0.1, 0.15) is 20.7 Å². The molecule has 2 aromatic carbocycles. The molecular formula is C16H11F3N2O4. The van der Waals surface area contributed by atoms with Gasteiger partial charge in [0.05, 0.1) is 5.56 Å². The lowest BCUT2D eigenvalue weighted by atomic mass is 10.1. The number of aliphatic carboxylic acids is 1. The number of benzene rings is 2. The van der Waals surface area contributed by atoms with Crippen molar-refractivity contribution in [2.45, 2.75) is 0 Å². The summed E-state index contributed by atoms with van der Waals surface area (Å²) in [6, 6.07) is 6.65. The zero-order valence-corrected chi connectivity index (χ0v) is 12.5. The molecule has 0 aromatic heterocycles. The van der Waals surface area contributed by atoms with Crippen LogP contribution in [0.4, 0.5) is 18.9 Å². The Balaban J connectivity index is 2.08. The zero-order valence-electron chi connectivity index (χ0n) is 12.5. The van der Waals surface area contributed by atoms with Crippen LogP contribution in [0.2, 0.25) is 0 Å². The third-order valence-corrected chi connectivity index (χ3v) is 3.08. The van der Waals surface area contributed by atoms with Gasteiger partial charge in [-0.25, -0.2) is 13.2 Å². The zero-order chi connectivity index (χ0) is 18.6. The van der Waals surface area contributed by atoms with Gasteiger partial charge in [0.25, 0.3) is 11.8 Å². The molecule has 0 radical (unpaired) electrons. The van der Waals surface area contributed by atoms with Gasteiger partial charge in [-0.05, 0) is 36.4 Å². The topological polar surface area (TPSA) is 95.5 Å². The van der Waals surface area contributed by atoms with Crippen LogP contribution in [-0.4, -0.2) is 29.4 Å². The lowest BCUT2D eigenvalue weighted by Gasteiger charge is -2.08. The van der Waals surface area contributed by atoms with Gasteiger partial charge in [0.2, 0.25) is 0 Å². The lowest BCUT2D eigenvalue weighted by molar-refractivity contribution is -0.135. The van der Waals surface area contributed by atoms with Gasteiger partial charge in [-0.3, -0.25) is 14.4 Å². The Morgan fingerprint density at radius 3 is 2.12 bits per heavy atom. The molecule has 130 valence electrons. The smallest absolute Gasteiger partial charge is 0.322 e. The van der Waals surface area contributed by atoms with Crippen molar-refractivity contribution in [3.05, 3.63) is 65.0 Å². The minimum absolute atomic E-state index is 0.137. The summed E-state index contributed by atoms with van der Waals surface area (Å²) in [6.45, 7) is -0.549. The van der Waals surface area contributed by atoms with Crippen LogP contribution in [0, 0.1) is 17.5 Å². The van der Waals surface area contributed by atoms with Crippen molar-refractivity contribution >= 4 is 23.5 Å². The number of halogens is 3. The molecule has 2 aromatic rings. The summed E-state index contributed by atoms with van der Waals surface area (Å²) in [6.07, 6.45) is 0. The molecule has 3 N–H and O–H groups in total. The van der Waals surface area contributed by atoms with Crippen molar-refractivity contribution in [1.82, 2.24) is 5.32 Å². The Morgan fingerprint density at radius 2 is 1.52 bits per heavy atom. The number of hydrogen-bond acceptors (Lipinski definition) is 3. The molecule has 0 fully saturated rings. The highest BCUT2D eigenvalue weighted by atomic mass is 19.2. The van der Waals surface area contributed by atoms with Gasteiger partial charge in [0.1, 0.15) is 6.54 Å². The van der Waals surface area contributed by atoms with E-state index in [-0.39, 0.29) is 11.3 Å². The Labute approximate surface area is 139 Å². The molecule has 0 saturated heterocycles. The predicted octanol–water partition coefficient (Wildman–Crippen LogP) is 2.17. The van der Waals surface area contributed by atoms with Gasteiger partial charge in [-0.15, -0.1) is 0 Å². The first kappa shape index (κ1) is 18.0. The van der Waals surface area contributed by atoms with E-state index in [2.05, 4.69) is 10.6 Å². The van der Waals surface area contributed by atoms with E-state index in [1.165, 1.54) is 24.3 Å². The van der Waals surface area contributed by atoms with Crippen molar-refractivity contribution in [2.75, 3.05) is 11.9 Å². The summed E-state index contributed by atoms with van der Waals surface area (Å²) in [7, 11) is 0. The molecule has 6 nitrogen and oxygen atoms in total. The third kappa shape index (κ3) is 4.34. The Morgan fingerprint density at radius 1 is 0.880 bits per heavy atom. The maximum absolute atomic E-state index is 13.6. The largest absolute Gasteiger partial charge is 0.480 e. The van der Waals surface area contributed by atoms with Crippen LogP contribution >= 0.6 is 0 Å². The highest BCUT2D eigenvalue weighted by molar-refractivity contribution is 6.04. The van der Waals surface area contributed by atoms with Gasteiger partial charge in [-0.2, -0.15) is 0 Å². The molecular weight excluding hydrogens is 341 g/mol. The number of rotatable bonds is 5. The van der Waals surface area contributed by atoms with Gasteiger partial charge in [-0.1, -0.05) is 0 Å². The first-order chi connectivity index (χ1) is 11.8. The van der Waals surface area contributed by atoms with Gasteiger partial charge in [0, 0.05) is 11.3 Å². The molecule has 0 saturated carbocycles. The number of carbonyl (C=O) groups excluding carboxylic acids is 2. The second kappa shape index (κ2) is 7.47. The first-order valence-electron chi connectivity index (χ1n) is 6.84. The number of carboxylic acids is 1. The van der Waals surface area contributed by atoms with Crippen molar-refractivity contribution in [2.24, 2.45) is 0 Å². The Bertz CT molecular complexity index is 838. The number of amides is 2. The quantitative estimate of drug-likeness (QED) is 0.719. The fourth-order valence-electron chi connectivity index (χ4n) is 1.86. The maximum Gasteiger partial charge on any atom is 0.322 e. The van der Waals surface area contributed by atoms with Crippen molar-refractivity contribution < 1.29 is 32.7 Å². The van der Waals surface area contributed by atoms with Crippen LogP contribution in [0.15, 0.2) is 36.4 Å². The number of anilines is 1. The van der Waals surface area contributed by atoms with Crippen LogP contribution in [-0.2, 0) is 4.79 Å². The molecule has 0 unspecified atom stereocenters. The second-order valence-electron chi connectivity index (χ2n) is 4.83. The number of carboxylic acid groups (broad SMARTS) is 1. The monoisotopic (exact) mass is 352 g/mol. The SMILES string of the molecule is O=C(O)CNC(=O)c1ccc(NC(=O)c2ccc(F)c(F)c2F)cc1. The number of hydrogen-bond donors (Lipinski definition) is 3. The summed E-state index contributed by atoms with van der Waals surface area (Å²) >= 11 is 0. The lowest BCUT2D eigenvalue weighted by Crippen LogP contribution is -2.29. The molecule has 2 rings (SSSR count). The van der Waals surface area contributed by atoms with E-state index in [1.807, 2.05) is 0 Å². The fourth-order valence-corrected chi connectivity index (χ4v) is 1.86. The Hall–Kier alpha value is -3.36. The first-order valence-corrected chi connectivity index (χ1v) is 6.84. The highest BCUT2D eigenvalue weighted by Crippen LogP contribution is 2.17. The van der Waals surface area contributed by atoms with Crippen molar-refractivity contribution in [1.29, 1.82) is 0 Å². The maximum atomic E-state index is 13.6. The molecule has 25 heavy (non-hydrogen) atoms. The summed E-state index contributed by atoms with van der Waals surface area (Å²) in [4.78, 5) is 33.9. The van der Waals surface area contributed by atoms with Gasteiger partial charge < -0.3 is 15.7 Å². The standard InChI is InChI=1S/C16H11F3N2O4/c17-11-6-5-10(13(18)14(11)19)16(25)21-9-3-1-8(2-4-9)15(24)20-7-12(22)23/h1-6H,7H2,(H,20,24)(H,21,25)(H,22,23). The van der Waals surface area contributed by atoms with E-state index < -0.39 is 47.3 Å². The molecule has 0 aliphatic carbocycles. The van der Waals surface area contributed by atoms with E-state index >= 15 is 0 Å². The average molecular weight is 352 g/mol. The van der Waals surface area contributed by atoms with Gasteiger partial charge in [0.15, 0.2) is 17.5 Å². The van der Waals surface area contributed by atoms with Crippen molar-refractivity contribution in [3.8, 4) is 0 Å². The molecule has 0 bridgehead atoms. The molecule has 0 aliphatic heterocycles. The van der Waals surface area contributed by atoms with Crippen LogP contribution in [0.25, 0.3) is 0 Å². The third-order valence-electron chi connectivity index (χ3n) is 3.08. The van der Waals surface area contributed by atoms with Crippen molar-refractivity contribution in [3.63, 3.8) is 0 Å². The second-order valence-corrected chi connectivity index (χ2v) is 4.83. The van der Waals surface area contributed by atoms with Crippen LogP contribution in [0.5, 0.6) is 0 Å². The van der Waals surface area contributed by atoms with E-state index in [1.54, 1.807) is 0 Å². The van der Waals surface area contributed by atoms with E-state index in [4.69, 9.17) is 5.11 Å². The van der Waals surface area contributed by atoms with E-state index in [0.717, 1.165) is 6.07 Å². The number of nitrogens with one attached hydrogen (secondary N) is 2. The highest BCUT2D eigenvalue weighted by Gasteiger charge is 2.19. The average Bonchev–Trinajstić information content (AvgIpc) is 2.58. The minimum Gasteiger partial charge on any atom is -0.480 e. The summed E-state index contributed by atoms with van der Waals surface area (Å²) < 4.78 is 39.6. The summed E-state index contributed by atoms with van der Waals surface area (Å²) in [5.41, 5.74) is -0.371. The minimum atomic E-state index is -1.75. The molecule has 0 aliphatic rings. The van der Waals surface area contributed by atoms with E-state index in [9.17, 15) is 27.6 Å². The summed E-state index contributed by atoms with van der Waals surface area (Å²) in [5.74, 6) is -7.61. The predicted molar refractivity (Wildman–Crippen MR) is 80.7 cm³/mol. The molecule has 0 atom stereocenters. The van der Waals surface area contributed by atoms with Crippen LogP contribution < -0.4 is 10.6 Å². The molecule has 0 heterocycles. The Kier molecular flexibility index (Phi) is 5.38. The van der Waals surface area contributed by atoms with Gasteiger partial charge >= 0.3 is 5.97 Å². The molecule has 2 amide bonds. The van der Waals surface area contributed by atoms with E-state index in [0.29, 0.717) is 6.07 Å². The summed E-state index contributed by atoms with van der Waals surface area (Å²) in [5, 5.41) is 12.9. The number of carbonyl (C=O) groups is 3.